The smallest absolute Gasteiger partial charge is 0.410 e. The molecule has 7 nitrogen and oxygen atoms in total. The van der Waals surface area contributed by atoms with E-state index in [9.17, 15) is 9.59 Å². The van der Waals surface area contributed by atoms with Crippen LogP contribution in [0.1, 0.15) is 43.6 Å². The SMILES string of the molecule is Cc1cccn2c(C(C)(C)NC(=O)C3CC34CCN(C(=O)OCc3ccccc3)C4)ncc12. The van der Waals surface area contributed by atoms with Gasteiger partial charge in [-0.3, -0.25) is 4.79 Å². The lowest BCUT2D eigenvalue weighted by Crippen LogP contribution is -2.44. The Balaban J connectivity index is 1.20. The number of benzene rings is 1. The summed E-state index contributed by atoms with van der Waals surface area (Å²) in [6.07, 6.45) is 5.16. The highest BCUT2D eigenvalue weighted by molar-refractivity contribution is 5.84. The Morgan fingerprint density at radius 2 is 2.00 bits per heavy atom. The minimum absolute atomic E-state index is 0.0314. The van der Waals surface area contributed by atoms with E-state index in [1.807, 2.05) is 67.0 Å². The van der Waals surface area contributed by atoms with Crippen molar-refractivity contribution >= 4 is 17.5 Å². The van der Waals surface area contributed by atoms with Crippen LogP contribution >= 0.6 is 0 Å². The number of carbonyl (C=O) groups is 2. The Labute approximate surface area is 193 Å². The van der Waals surface area contributed by atoms with Crippen LogP contribution in [0.25, 0.3) is 5.52 Å². The monoisotopic (exact) mass is 446 g/mol. The molecule has 3 heterocycles. The summed E-state index contributed by atoms with van der Waals surface area (Å²) in [5.41, 5.74) is 2.40. The quantitative estimate of drug-likeness (QED) is 0.642. The van der Waals surface area contributed by atoms with E-state index in [1.165, 1.54) is 0 Å². The molecule has 0 radical (unpaired) electrons. The van der Waals surface area contributed by atoms with Gasteiger partial charge in [0, 0.05) is 30.6 Å². The first kappa shape index (κ1) is 21.5. The molecule has 2 atom stereocenters. The predicted octanol–water partition coefficient (Wildman–Crippen LogP) is 4.04. The average molecular weight is 447 g/mol. The van der Waals surface area contributed by atoms with Crippen molar-refractivity contribution in [2.75, 3.05) is 13.1 Å². The fourth-order valence-electron chi connectivity index (χ4n) is 5.11. The maximum Gasteiger partial charge on any atom is 0.410 e. The highest BCUT2D eigenvalue weighted by atomic mass is 16.6. The molecule has 1 N–H and O–H groups in total. The molecule has 2 aliphatic rings. The van der Waals surface area contributed by atoms with Crippen LogP contribution in [0.5, 0.6) is 0 Å². The van der Waals surface area contributed by atoms with Crippen molar-refractivity contribution in [1.29, 1.82) is 0 Å². The van der Waals surface area contributed by atoms with Gasteiger partial charge in [-0.2, -0.15) is 0 Å². The highest BCUT2D eigenvalue weighted by Crippen LogP contribution is 2.58. The third kappa shape index (κ3) is 3.96. The van der Waals surface area contributed by atoms with Gasteiger partial charge in [-0.1, -0.05) is 36.4 Å². The summed E-state index contributed by atoms with van der Waals surface area (Å²) < 4.78 is 7.52. The molecule has 1 saturated carbocycles. The molecule has 1 saturated heterocycles. The summed E-state index contributed by atoms with van der Waals surface area (Å²) in [6, 6.07) is 13.7. The van der Waals surface area contributed by atoms with Gasteiger partial charge >= 0.3 is 6.09 Å². The lowest BCUT2D eigenvalue weighted by atomic mass is 10.0. The number of pyridine rings is 1. The van der Waals surface area contributed by atoms with E-state index in [2.05, 4.69) is 23.3 Å². The first-order valence-electron chi connectivity index (χ1n) is 11.5. The maximum atomic E-state index is 13.2. The second kappa shape index (κ2) is 7.90. The summed E-state index contributed by atoms with van der Waals surface area (Å²) in [7, 11) is 0. The molecule has 1 spiro atoms. The van der Waals surface area contributed by atoms with Crippen molar-refractivity contribution in [3.8, 4) is 0 Å². The topological polar surface area (TPSA) is 75.9 Å². The number of fused-ring (bicyclic) bond motifs is 1. The molecule has 1 aliphatic heterocycles. The predicted molar refractivity (Wildman–Crippen MR) is 124 cm³/mol. The van der Waals surface area contributed by atoms with Gasteiger partial charge in [0.05, 0.1) is 17.3 Å². The van der Waals surface area contributed by atoms with Gasteiger partial charge in [0.2, 0.25) is 5.91 Å². The third-order valence-corrected chi connectivity index (χ3v) is 7.13. The number of imidazole rings is 1. The number of aryl methyl sites for hydroxylation is 1. The van der Waals surface area contributed by atoms with E-state index in [4.69, 9.17) is 4.74 Å². The molecule has 2 fully saturated rings. The van der Waals surface area contributed by atoms with Crippen LogP contribution < -0.4 is 5.32 Å². The number of aromatic nitrogens is 2. The Hall–Kier alpha value is -3.35. The van der Waals surface area contributed by atoms with Crippen molar-refractivity contribution in [3.05, 3.63) is 71.8 Å². The van der Waals surface area contributed by atoms with Gasteiger partial charge in [-0.25, -0.2) is 9.78 Å². The van der Waals surface area contributed by atoms with Gasteiger partial charge in [0.1, 0.15) is 12.4 Å². The number of ether oxygens (including phenoxy) is 1. The molecule has 2 amide bonds. The fourth-order valence-corrected chi connectivity index (χ4v) is 5.11. The normalized spacial score (nSPS) is 22.0. The van der Waals surface area contributed by atoms with Crippen LogP contribution in [-0.4, -0.2) is 39.4 Å². The molecule has 33 heavy (non-hydrogen) atoms. The molecule has 5 rings (SSSR count). The van der Waals surface area contributed by atoms with Crippen molar-refractivity contribution in [2.45, 2.75) is 45.8 Å². The summed E-state index contributed by atoms with van der Waals surface area (Å²) >= 11 is 0. The number of nitrogens with zero attached hydrogens (tertiary/aromatic N) is 3. The maximum absolute atomic E-state index is 13.2. The zero-order chi connectivity index (χ0) is 23.2. The van der Waals surface area contributed by atoms with E-state index >= 15 is 0 Å². The van der Waals surface area contributed by atoms with Gasteiger partial charge in [-0.05, 0) is 50.8 Å². The standard InChI is InChI=1S/C26H30N4O3/c1-18-8-7-12-30-21(18)15-27-23(30)25(2,3)28-22(31)20-14-26(20)11-13-29(17-26)24(32)33-16-19-9-5-4-6-10-19/h4-10,12,15,20H,11,13-14,16-17H2,1-3H3,(H,28,31). The zero-order valence-corrected chi connectivity index (χ0v) is 19.4. The number of hydrogen-bond acceptors (Lipinski definition) is 4. The van der Waals surface area contributed by atoms with Crippen molar-refractivity contribution < 1.29 is 14.3 Å². The average Bonchev–Trinajstić information content (AvgIpc) is 3.10. The van der Waals surface area contributed by atoms with Crippen molar-refractivity contribution in [2.24, 2.45) is 11.3 Å². The molecule has 3 aromatic rings. The second-order valence-corrected chi connectivity index (χ2v) is 9.97. The van der Waals surface area contributed by atoms with E-state index in [1.54, 1.807) is 4.90 Å². The van der Waals surface area contributed by atoms with Crippen molar-refractivity contribution in [3.63, 3.8) is 0 Å². The lowest BCUT2D eigenvalue weighted by molar-refractivity contribution is -0.124. The number of hydrogen-bond donors (Lipinski definition) is 1. The van der Waals surface area contributed by atoms with Crippen LogP contribution in [0.15, 0.2) is 54.9 Å². The molecule has 1 aliphatic carbocycles. The highest BCUT2D eigenvalue weighted by Gasteiger charge is 2.62. The Morgan fingerprint density at radius 3 is 2.79 bits per heavy atom. The van der Waals surface area contributed by atoms with Crippen LogP contribution in [-0.2, 0) is 21.7 Å². The van der Waals surface area contributed by atoms with Gasteiger partial charge < -0.3 is 19.4 Å². The number of amides is 2. The van der Waals surface area contributed by atoms with E-state index in [-0.39, 0.29) is 29.9 Å². The first-order valence-corrected chi connectivity index (χ1v) is 11.5. The summed E-state index contributed by atoms with van der Waals surface area (Å²) in [6.45, 7) is 7.49. The van der Waals surface area contributed by atoms with Crippen LogP contribution in [0.4, 0.5) is 4.79 Å². The molecular weight excluding hydrogens is 416 g/mol. The number of likely N-dealkylation sites (tertiary alicyclic amines) is 1. The summed E-state index contributed by atoms with van der Waals surface area (Å²) in [5.74, 6) is 0.752. The summed E-state index contributed by atoms with van der Waals surface area (Å²) in [5, 5.41) is 3.22. The van der Waals surface area contributed by atoms with E-state index < -0.39 is 5.54 Å². The van der Waals surface area contributed by atoms with E-state index in [0.717, 1.165) is 35.3 Å². The van der Waals surface area contributed by atoms with Gasteiger partial charge in [-0.15, -0.1) is 0 Å². The van der Waals surface area contributed by atoms with E-state index in [0.29, 0.717) is 13.1 Å². The zero-order valence-electron chi connectivity index (χ0n) is 19.4. The molecule has 2 aromatic heterocycles. The second-order valence-electron chi connectivity index (χ2n) is 9.97. The molecular formula is C26H30N4O3. The Morgan fingerprint density at radius 1 is 1.21 bits per heavy atom. The van der Waals surface area contributed by atoms with Gasteiger partial charge in [0.25, 0.3) is 0 Å². The minimum Gasteiger partial charge on any atom is -0.445 e. The van der Waals surface area contributed by atoms with Gasteiger partial charge in [0.15, 0.2) is 0 Å². The van der Waals surface area contributed by atoms with Crippen LogP contribution in [0.2, 0.25) is 0 Å². The third-order valence-electron chi connectivity index (χ3n) is 7.13. The number of nitrogens with one attached hydrogen (secondary N) is 1. The molecule has 0 bridgehead atoms. The molecule has 1 aromatic carbocycles. The Kier molecular flexibility index (Phi) is 5.15. The minimum atomic E-state index is -0.617. The Bertz CT molecular complexity index is 1200. The largest absolute Gasteiger partial charge is 0.445 e. The summed E-state index contributed by atoms with van der Waals surface area (Å²) in [4.78, 5) is 32.1. The number of carbonyl (C=O) groups excluding carboxylic acids is 2. The molecule has 7 heteroatoms. The lowest BCUT2D eigenvalue weighted by Gasteiger charge is -2.26. The molecule has 172 valence electrons. The first-order chi connectivity index (χ1) is 15.8. The van der Waals surface area contributed by atoms with Crippen LogP contribution in [0.3, 0.4) is 0 Å². The molecule has 2 unspecified atom stereocenters. The van der Waals surface area contributed by atoms with Crippen LogP contribution in [0, 0.1) is 18.3 Å². The van der Waals surface area contributed by atoms with Crippen molar-refractivity contribution in [1.82, 2.24) is 19.6 Å². The fraction of sp³-hybridized carbons (Fsp3) is 0.423. The number of rotatable bonds is 5.